The van der Waals surface area contributed by atoms with E-state index in [1.807, 2.05) is 6.07 Å². The monoisotopic (exact) mass is 345 g/mol. The first-order chi connectivity index (χ1) is 12.3. The lowest BCUT2D eigenvalue weighted by Crippen LogP contribution is -2.06. The summed E-state index contributed by atoms with van der Waals surface area (Å²) in [6, 6.07) is 7.15. The first-order valence-corrected chi connectivity index (χ1v) is 9.84. The minimum Gasteiger partial charge on any atom is -0.450 e. The van der Waals surface area contributed by atoms with Gasteiger partial charge >= 0.3 is 11.7 Å². The molecule has 1 heterocycles. The number of aromatic nitrogens is 1. The van der Waals surface area contributed by atoms with Gasteiger partial charge < -0.3 is 9.15 Å². The van der Waals surface area contributed by atoms with Gasteiger partial charge in [-0.15, -0.1) is 0 Å². The maximum Gasteiger partial charge on any atom is 0.397 e. The highest BCUT2D eigenvalue weighted by Gasteiger charge is 2.06. The molecule has 0 amide bonds. The smallest absolute Gasteiger partial charge is 0.397 e. The first kappa shape index (κ1) is 19.5. The zero-order chi connectivity index (χ0) is 17.7. The molecule has 0 fully saturated rings. The van der Waals surface area contributed by atoms with Crippen molar-refractivity contribution in [3.8, 4) is 6.08 Å². The number of unbranched alkanes of at least 4 members (excludes halogenated alkanes) is 10. The Morgan fingerprint density at radius 2 is 1.48 bits per heavy atom. The molecule has 1 aromatic carbocycles. The third-order valence-corrected chi connectivity index (χ3v) is 4.49. The molecule has 1 aromatic heterocycles. The third-order valence-electron chi connectivity index (χ3n) is 4.49. The van der Waals surface area contributed by atoms with E-state index in [-0.39, 0.29) is 11.7 Å². The molecular weight excluding hydrogens is 314 g/mol. The Morgan fingerprint density at radius 3 is 2.16 bits per heavy atom. The van der Waals surface area contributed by atoms with E-state index in [0.717, 1.165) is 12.8 Å². The van der Waals surface area contributed by atoms with E-state index in [1.54, 1.807) is 18.2 Å². The van der Waals surface area contributed by atoms with Crippen molar-refractivity contribution in [3.05, 3.63) is 34.7 Å². The molecular formula is C21H31NO3. The van der Waals surface area contributed by atoms with E-state index in [0.29, 0.717) is 17.5 Å². The fourth-order valence-electron chi connectivity index (χ4n) is 2.99. The van der Waals surface area contributed by atoms with Gasteiger partial charge in [0.1, 0.15) is 0 Å². The van der Waals surface area contributed by atoms with Gasteiger partial charge in [-0.1, -0.05) is 83.3 Å². The zero-order valence-electron chi connectivity index (χ0n) is 15.5. The van der Waals surface area contributed by atoms with E-state index in [4.69, 9.17) is 9.15 Å². The van der Waals surface area contributed by atoms with Crippen molar-refractivity contribution in [2.24, 2.45) is 0 Å². The quantitative estimate of drug-likeness (QED) is 0.425. The number of nitrogens with zero attached hydrogens (tertiary/aromatic N) is 1. The normalized spacial score (nSPS) is 11.1. The number of rotatable bonds is 13. The van der Waals surface area contributed by atoms with Crippen LogP contribution in [0, 0.1) is 0 Å². The van der Waals surface area contributed by atoms with Crippen LogP contribution in [0.25, 0.3) is 10.9 Å². The summed E-state index contributed by atoms with van der Waals surface area (Å²) in [5, 5.41) is 0.490. The van der Waals surface area contributed by atoms with Crippen LogP contribution in [0.5, 0.6) is 6.08 Å². The molecule has 0 saturated carbocycles. The van der Waals surface area contributed by atoms with Crippen molar-refractivity contribution in [2.45, 2.75) is 77.6 Å². The molecule has 2 rings (SSSR count). The molecule has 0 spiro atoms. The van der Waals surface area contributed by atoms with Crippen molar-refractivity contribution >= 4 is 10.9 Å². The highest BCUT2D eigenvalue weighted by Crippen LogP contribution is 2.13. The first-order valence-electron chi connectivity index (χ1n) is 9.84. The molecule has 0 aliphatic heterocycles. The van der Waals surface area contributed by atoms with Gasteiger partial charge in [0.25, 0.3) is 0 Å². The average Bonchev–Trinajstić information content (AvgIpc) is 2.63. The Bertz CT molecular complexity index is 665. The fraction of sp³-hybridized carbons (Fsp3) is 0.619. The van der Waals surface area contributed by atoms with Crippen molar-refractivity contribution in [2.75, 3.05) is 6.61 Å². The van der Waals surface area contributed by atoms with Gasteiger partial charge in [0.2, 0.25) is 0 Å². The summed E-state index contributed by atoms with van der Waals surface area (Å²) in [5.74, 6) is 0. The Kier molecular flexibility index (Phi) is 9.09. The molecule has 0 aliphatic carbocycles. The van der Waals surface area contributed by atoms with Gasteiger partial charge in [0.05, 0.1) is 17.5 Å². The van der Waals surface area contributed by atoms with Gasteiger partial charge in [-0.3, -0.25) is 0 Å². The van der Waals surface area contributed by atoms with Gasteiger partial charge in [-0.05, 0) is 18.6 Å². The molecule has 0 unspecified atom stereocenters. The van der Waals surface area contributed by atoms with E-state index in [2.05, 4.69) is 11.9 Å². The summed E-state index contributed by atoms with van der Waals surface area (Å²) in [4.78, 5) is 16.1. The number of ether oxygens (including phenoxy) is 1. The van der Waals surface area contributed by atoms with Crippen LogP contribution in [0.2, 0.25) is 0 Å². The summed E-state index contributed by atoms with van der Waals surface area (Å²) in [6.07, 6.45) is 14.3. The maximum absolute atomic E-state index is 11.8. The Balaban J connectivity index is 1.53. The summed E-state index contributed by atoms with van der Waals surface area (Å²) < 4.78 is 10.6. The largest absolute Gasteiger partial charge is 0.450 e. The van der Waals surface area contributed by atoms with Crippen molar-refractivity contribution in [1.82, 2.24) is 4.98 Å². The molecule has 138 valence electrons. The van der Waals surface area contributed by atoms with Gasteiger partial charge in [-0.25, -0.2) is 4.79 Å². The summed E-state index contributed by atoms with van der Waals surface area (Å²) in [7, 11) is 0. The van der Waals surface area contributed by atoms with Crippen LogP contribution in [0.15, 0.2) is 33.5 Å². The second-order valence-corrected chi connectivity index (χ2v) is 6.67. The van der Waals surface area contributed by atoms with Crippen LogP contribution >= 0.6 is 0 Å². The average molecular weight is 345 g/mol. The molecule has 25 heavy (non-hydrogen) atoms. The van der Waals surface area contributed by atoms with Gasteiger partial charge in [0, 0.05) is 0 Å². The van der Waals surface area contributed by atoms with Crippen LogP contribution in [0.4, 0.5) is 0 Å². The van der Waals surface area contributed by atoms with Gasteiger partial charge in [0.15, 0.2) is 0 Å². The Labute approximate surface area is 150 Å². The zero-order valence-corrected chi connectivity index (χ0v) is 15.5. The SMILES string of the molecule is CCCCCCCCCCCCCOc1nc2ccccc2c(=O)o1. The third kappa shape index (κ3) is 7.29. The Hall–Kier alpha value is -1.84. The van der Waals surface area contributed by atoms with Crippen molar-refractivity contribution in [3.63, 3.8) is 0 Å². The molecule has 0 aliphatic rings. The topological polar surface area (TPSA) is 52.3 Å². The Morgan fingerprint density at radius 1 is 0.880 bits per heavy atom. The lowest BCUT2D eigenvalue weighted by molar-refractivity contribution is 0.211. The van der Waals surface area contributed by atoms with E-state index < -0.39 is 0 Å². The number of hydrogen-bond donors (Lipinski definition) is 0. The summed E-state index contributed by atoms with van der Waals surface area (Å²) >= 11 is 0. The lowest BCUT2D eigenvalue weighted by Gasteiger charge is -2.05. The lowest BCUT2D eigenvalue weighted by atomic mass is 10.1. The van der Waals surface area contributed by atoms with E-state index >= 15 is 0 Å². The second kappa shape index (κ2) is 11.7. The second-order valence-electron chi connectivity index (χ2n) is 6.67. The maximum atomic E-state index is 11.8. The molecule has 4 nitrogen and oxygen atoms in total. The highest BCUT2D eigenvalue weighted by atomic mass is 16.6. The predicted molar refractivity (Wildman–Crippen MR) is 102 cm³/mol. The number of hydrogen-bond acceptors (Lipinski definition) is 4. The standard InChI is InChI=1S/C21H31NO3/c1-2-3-4-5-6-7-8-9-10-11-14-17-24-21-22-19-16-13-12-15-18(19)20(23)25-21/h12-13,15-16H,2-11,14,17H2,1H3. The predicted octanol–water partition coefficient (Wildman–Crippen LogP) is 5.88. The van der Waals surface area contributed by atoms with Crippen LogP contribution in [0.3, 0.4) is 0 Å². The highest BCUT2D eigenvalue weighted by molar-refractivity contribution is 5.76. The van der Waals surface area contributed by atoms with Crippen molar-refractivity contribution < 1.29 is 9.15 Å². The van der Waals surface area contributed by atoms with Crippen molar-refractivity contribution in [1.29, 1.82) is 0 Å². The fourth-order valence-corrected chi connectivity index (χ4v) is 2.99. The number of para-hydroxylation sites is 1. The summed E-state index contributed by atoms with van der Waals surface area (Å²) in [6.45, 7) is 2.80. The molecule has 0 bridgehead atoms. The molecule has 2 aromatic rings. The minimum atomic E-state index is -0.389. The molecule has 4 heteroatoms. The van der Waals surface area contributed by atoms with Crippen LogP contribution in [0.1, 0.15) is 77.6 Å². The van der Waals surface area contributed by atoms with Crippen LogP contribution in [-0.4, -0.2) is 11.6 Å². The van der Waals surface area contributed by atoms with E-state index in [9.17, 15) is 4.79 Å². The van der Waals surface area contributed by atoms with E-state index in [1.165, 1.54) is 57.8 Å². The molecule has 0 N–H and O–H groups in total. The molecule has 0 saturated heterocycles. The number of benzene rings is 1. The van der Waals surface area contributed by atoms with Gasteiger partial charge in [-0.2, -0.15) is 4.98 Å². The summed E-state index contributed by atoms with van der Waals surface area (Å²) in [5.41, 5.74) is 0.229. The molecule has 0 radical (unpaired) electrons. The number of fused-ring (bicyclic) bond motifs is 1. The van der Waals surface area contributed by atoms with Crippen LogP contribution < -0.4 is 10.4 Å². The molecule has 0 atom stereocenters. The minimum absolute atomic E-state index is 0.0794. The van der Waals surface area contributed by atoms with Crippen LogP contribution in [-0.2, 0) is 0 Å².